The molecule has 0 saturated carbocycles. The molecule has 8 heteroatoms. The van der Waals surface area contributed by atoms with E-state index in [2.05, 4.69) is 31.7 Å². The van der Waals surface area contributed by atoms with Gasteiger partial charge in [-0.25, -0.2) is 9.50 Å². The molecule has 4 heterocycles. The number of fused-ring (bicyclic) bond motifs is 2. The van der Waals surface area contributed by atoms with Crippen LogP contribution in [-0.2, 0) is 0 Å². The standard InChI is InChI=1S/C27H23N7O/c1-17-16-33-26(31-17)23(11-12-30-33)32-18(2)24-13-19-7-6-10-22(20-14-28-29-15-20)25(19)27(35)34(24)21-8-4-3-5-9-21/h3-16,18,32H,1-2H3,(H,28,29)/t18-/m0/s1. The Morgan fingerprint density at radius 2 is 1.91 bits per heavy atom. The molecule has 0 aliphatic carbocycles. The van der Waals surface area contributed by atoms with Crippen molar-refractivity contribution < 1.29 is 0 Å². The van der Waals surface area contributed by atoms with E-state index in [0.29, 0.717) is 5.39 Å². The van der Waals surface area contributed by atoms with Gasteiger partial charge in [0.25, 0.3) is 5.56 Å². The third kappa shape index (κ3) is 3.56. The quantitative estimate of drug-likeness (QED) is 0.381. The molecule has 1 atom stereocenters. The van der Waals surface area contributed by atoms with Gasteiger partial charge in [-0.3, -0.25) is 14.5 Å². The first kappa shape index (κ1) is 20.9. The monoisotopic (exact) mass is 461 g/mol. The molecule has 0 amide bonds. The third-order valence-electron chi connectivity index (χ3n) is 6.20. The van der Waals surface area contributed by atoms with Crippen molar-refractivity contribution in [1.29, 1.82) is 0 Å². The van der Waals surface area contributed by atoms with Crippen molar-refractivity contribution >= 4 is 22.1 Å². The first-order valence-electron chi connectivity index (χ1n) is 11.4. The number of imidazole rings is 1. The zero-order valence-corrected chi connectivity index (χ0v) is 19.3. The number of nitrogens with one attached hydrogen (secondary N) is 2. The van der Waals surface area contributed by atoms with Crippen molar-refractivity contribution in [2.45, 2.75) is 19.9 Å². The van der Waals surface area contributed by atoms with Crippen LogP contribution in [-0.4, -0.2) is 29.4 Å². The van der Waals surface area contributed by atoms with Crippen molar-refractivity contribution in [3.8, 4) is 16.8 Å². The Kier molecular flexibility index (Phi) is 4.92. The van der Waals surface area contributed by atoms with Crippen LogP contribution in [0.3, 0.4) is 0 Å². The highest BCUT2D eigenvalue weighted by Gasteiger charge is 2.20. The van der Waals surface area contributed by atoms with Crippen LogP contribution in [0.2, 0.25) is 0 Å². The van der Waals surface area contributed by atoms with Crippen LogP contribution in [0, 0.1) is 6.92 Å². The van der Waals surface area contributed by atoms with Gasteiger partial charge in [0.1, 0.15) is 0 Å². The number of rotatable bonds is 5. The van der Waals surface area contributed by atoms with Gasteiger partial charge in [0.2, 0.25) is 0 Å². The van der Waals surface area contributed by atoms with Crippen molar-refractivity contribution in [3.63, 3.8) is 0 Å². The highest BCUT2D eigenvalue weighted by molar-refractivity contribution is 5.96. The fourth-order valence-electron chi connectivity index (χ4n) is 4.61. The van der Waals surface area contributed by atoms with Crippen molar-refractivity contribution in [2.24, 2.45) is 0 Å². The number of pyridine rings is 1. The van der Waals surface area contributed by atoms with Gasteiger partial charge in [-0.1, -0.05) is 36.4 Å². The molecule has 0 spiro atoms. The number of aryl methyl sites for hydroxylation is 1. The van der Waals surface area contributed by atoms with Crippen LogP contribution < -0.4 is 10.9 Å². The molecule has 35 heavy (non-hydrogen) atoms. The van der Waals surface area contributed by atoms with Gasteiger partial charge in [0, 0.05) is 23.1 Å². The Morgan fingerprint density at radius 3 is 2.71 bits per heavy atom. The van der Waals surface area contributed by atoms with Crippen molar-refractivity contribution in [2.75, 3.05) is 5.32 Å². The highest BCUT2D eigenvalue weighted by Crippen LogP contribution is 2.30. The summed E-state index contributed by atoms with van der Waals surface area (Å²) in [5.41, 5.74) is 5.77. The average Bonchev–Trinajstić information content (AvgIpc) is 3.54. The maximum Gasteiger partial charge on any atom is 0.263 e. The minimum atomic E-state index is -0.201. The number of para-hydroxylation sites is 1. The molecule has 0 unspecified atom stereocenters. The van der Waals surface area contributed by atoms with Gasteiger partial charge >= 0.3 is 0 Å². The van der Waals surface area contributed by atoms with Crippen LogP contribution in [0.25, 0.3) is 33.2 Å². The molecular formula is C27H23N7O. The molecule has 0 aliphatic rings. The van der Waals surface area contributed by atoms with E-state index in [1.165, 1.54) is 0 Å². The molecule has 6 rings (SSSR count). The largest absolute Gasteiger partial charge is 0.374 e. The number of aromatic amines is 1. The Hall–Kier alpha value is -4.72. The summed E-state index contributed by atoms with van der Waals surface area (Å²) in [4.78, 5) is 18.7. The van der Waals surface area contributed by atoms with Gasteiger partial charge in [-0.2, -0.15) is 10.2 Å². The lowest BCUT2D eigenvalue weighted by Gasteiger charge is -2.22. The molecule has 8 nitrogen and oxygen atoms in total. The highest BCUT2D eigenvalue weighted by atomic mass is 16.1. The van der Waals surface area contributed by atoms with Crippen LogP contribution in [0.5, 0.6) is 0 Å². The van der Waals surface area contributed by atoms with E-state index >= 15 is 0 Å². The molecule has 0 bridgehead atoms. The first-order valence-corrected chi connectivity index (χ1v) is 11.4. The fourth-order valence-corrected chi connectivity index (χ4v) is 4.61. The summed E-state index contributed by atoms with van der Waals surface area (Å²) >= 11 is 0. The lowest BCUT2D eigenvalue weighted by molar-refractivity contribution is 0.776. The summed E-state index contributed by atoms with van der Waals surface area (Å²) in [5, 5.41) is 16.4. The minimum Gasteiger partial charge on any atom is -0.374 e. The summed E-state index contributed by atoms with van der Waals surface area (Å²) in [5.74, 6) is 0. The van der Waals surface area contributed by atoms with Gasteiger partial charge in [0.15, 0.2) is 5.65 Å². The van der Waals surface area contributed by atoms with E-state index in [1.807, 2.05) is 74.6 Å². The smallest absolute Gasteiger partial charge is 0.263 e. The molecule has 2 N–H and O–H groups in total. The maximum atomic E-state index is 14.1. The Morgan fingerprint density at radius 1 is 1.06 bits per heavy atom. The Balaban J connectivity index is 1.57. The lowest BCUT2D eigenvalue weighted by Crippen LogP contribution is -2.26. The second-order valence-electron chi connectivity index (χ2n) is 8.56. The predicted octanol–water partition coefficient (Wildman–Crippen LogP) is 4.91. The first-order chi connectivity index (χ1) is 17.1. The molecule has 0 radical (unpaired) electrons. The number of anilines is 1. The zero-order valence-electron chi connectivity index (χ0n) is 19.3. The molecule has 172 valence electrons. The van der Waals surface area contributed by atoms with Crippen LogP contribution >= 0.6 is 0 Å². The Bertz CT molecular complexity index is 1720. The number of nitrogens with zero attached hydrogens (tertiary/aromatic N) is 5. The molecule has 2 aromatic carbocycles. The van der Waals surface area contributed by atoms with Gasteiger partial charge in [-0.15, -0.1) is 0 Å². The van der Waals surface area contributed by atoms with Crippen LogP contribution in [0.1, 0.15) is 24.4 Å². The van der Waals surface area contributed by atoms with E-state index < -0.39 is 0 Å². The molecular weight excluding hydrogens is 438 g/mol. The predicted molar refractivity (Wildman–Crippen MR) is 137 cm³/mol. The molecule has 0 fully saturated rings. The second-order valence-corrected chi connectivity index (χ2v) is 8.56. The fraction of sp³-hybridized carbons (Fsp3) is 0.111. The van der Waals surface area contributed by atoms with E-state index in [-0.39, 0.29) is 11.6 Å². The van der Waals surface area contributed by atoms with E-state index in [4.69, 9.17) is 0 Å². The average molecular weight is 462 g/mol. The Labute approximate surface area is 200 Å². The molecule has 0 saturated heterocycles. The zero-order chi connectivity index (χ0) is 23.9. The van der Waals surface area contributed by atoms with E-state index in [9.17, 15) is 4.79 Å². The van der Waals surface area contributed by atoms with Gasteiger partial charge < -0.3 is 5.32 Å². The minimum absolute atomic E-state index is 0.0781. The lowest BCUT2D eigenvalue weighted by atomic mass is 9.99. The third-order valence-corrected chi connectivity index (χ3v) is 6.20. The van der Waals surface area contributed by atoms with Crippen molar-refractivity contribution in [1.82, 2.24) is 29.4 Å². The number of hydrogen-bond donors (Lipinski definition) is 2. The normalized spacial score (nSPS) is 12.3. The number of aromatic nitrogens is 6. The summed E-state index contributed by atoms with van der Waals surface area (Å²) in [7, 11) is 0. The topological polar surface area (TPSA) is 92.9 Å². The summed E-state index contributed by atoms with van der Waals surface area (Å²) in [6.07, 6.45) is 7.17. The number of hydrogen-bond acceptors (Lipinski definition) is 5. The van der Waals surface area contributed by atoms with Crippen LogP contribution in [0.15, 0.2) is 90.2 Å². The van der Waals surface area contributed by atoms with E-state index in [1.54, 1.807) is 27.7 Å². The number of benzene rings is 2. The van der Waals surface area contributed by atoms with Gasteiger partial charge in [-0.05, 0) is 49.1 Å². The maximum absolute atomic E-state index is 14.1. The SMILES string of the molecule is Cc1cn2nccc(N[C@@H](C)c3cc4cccc(-c5cn[nH]c5)c4c(=O)n3-c3ccccc3)c2n1. The number of H-pyrrole nitrogens is 1. The van der Waals surface area contributed by atoms with Crippen LogP contribution in [0.4, 0.5) is 5.69 Å². The second kappa shape index (κ2) is 8.25. The van der Waals surface area contributed by atoms with E-state index in [0.717, 1.165) is 44.9 Å². The van der Waals surface area contributed by atoms with Gasteiger partial charge in [0.05, 0.1) is 41.4 Å². The molecule has 0 aliphatic heterocycles. The summed E-state index contributed by atoms with van der Waals surface area (Å²) < 4.78 is 3.55. The molecule has 6 aromatic rings. The van der Waals surface area contributed by atoms with Crippen molar-refractivity contribution in [3.05, 3.63) is 107 Å². The molecule has 4 aromatic heterocycles. The summed E-state index contributed by atoms with van der Waals surface area (Å²) in [6, 6.07) is 19.4. The summed E-state index contributed by atoms with van der Waals surface area (Å²) in [6.45, 7) is 3.99.